The fraction of sp³-hybridized carbons (Fsp3) is 0.278. The minimum absolute atomic E-state index is 0.168. The van der Waals surface area contributed by atoms with Crippen molar-refractivity contribution in [3.8, 4) is 11.5 Å². The molecule has 4 rings (SSSR count). The zero-order chi connectivity index (χ0) is 16.5. The third-order valence-electron chi connectivity index (χ3n) is 3.99. The Kier molecular flexibility index (Phi) is 4.41. The lowest BCUT2D eigenvalue weighted by molar-refractivity contribution is -0.144. The van der Waals surface area contributed by atoms with Gasteiger partial charge in [0.1, 0.15) is 25.1 Å². The molecule has 0 aliphatic carbocycles. The Morgan fingerprint density at radius 3 is 2.75 bits per heavy atom. The summed E-state index contributed by atoms with van der Waals surface area (Å²) in [6.07, 6.45) is 0.724. The number of hydrogen-bond acceptors (Lipinski definition) is 5. The highest BCUT2D eigenvalue weighted by atomic mass is 79.9. The Morgan fingerprint density at radius 2 is 1.96 bits per heavy atom. The van der Waals surface area contributed by atoms with Gasteiger partial charge in [-0.3, -0.25) is 4.79 Å². The number of carbonyl (C=O) groups is 1. The Balaban J connectivity index is 1.41. The van der Waals surface area contributed by atoms with E-state index >= 15 is 0 Å². The third-order valence-corrected chi connectivity index (χ3v) is 6.03. The van der Waals surface area contributed by atoms with Gasteiger partial charge < -0.3 is 14.2 Å². The van der Waals surface area contributed by atoms with Gasteiger partial charge in [-0.25, -0.2) is 0 Å². The molecule has 4 nitrogen and oxygen atoms in total. The third kappa shape index (κ3) is 3.13. The summed E-state index contributed by atoms with van der Waals surface area (Å²) in [5.74, 6) is 1.22. The number of thioether (sulfide) groups is 1. The van der Waals surface area contributed by atoms with Gasteiger partial charge in [0, 0.05) is 14.9 Å². The second-order valence-corrected chi connectivity index (χ2v) is 7.71. The highest BCUT2D eigenvalue weighted by molar-refractivity contribution is 9.10. The van der Waals surface area contributed by atoms with E-state index in [0.29, 0.717) is 24.7 Å². The Labute approximate surface area is 152 Å². The number of carbonyl (C=O) groups excluding carboxylic acids is 1. The van der Waals surface area contributed by atoms with Crippen LogP contribution in [0, 0.1) is 0 Å². The average molecular weight is 407 g/mol. The van der Waals surface area contributed by atoms with Crippen LogP contribution in [0.1, 0.15) is 11.1 Å². The van der Waals surface area contributed by atoms with Crippen molar-refractivity contribution < 1.29 is 19.0 Å². The Bertz CT molecular complexity index is 768. The first-order valence-corrected chi connectivity index (χ1v) is 9.37. The van der Waals surface area contributed by atoms with Crippen molar-refractivity contribution in [1.82, 2.24) is 0 Å². The standard InChI is InChI=1S/C18H15BrO4S/c19-13-9-15-14(21-5-6-22-15)7-12(13)10-23-18(20)17-8-11-3-1-2-4-16(11)24-17/h1-4,7,9,17H,5-6,8,10H2. The van der Waals surface area contributed by atoms with E-state index in [4.69, 9.17) is 14.2 Å². The molecule has 0 radical (unpaired) electrons. The number of ether oxygens (including phenoxy) is 3. The molecule has 1 unspecified atom stereocenters. The summed E-state index contributed by atoms with van der Waals surface area (Å²) >= 11 is 5.08. The number of hydrogen-bond donors (Lipinski definition) is 0. The van der Waals surface area contributed by atoms with E-state index in [0.717, 1.165) is 16.5 Å². The van der Waals surface area contributed by atoms with Crippen LogP contribution in [0.25, 0.3) is 0 Å². The molecule has 0 fully saturated rings. The van der Waals surface area contributed by atoms with Crippen LogP contribution < -0.4 is 9.47 Å². The number of esters is 1. The quantitative estimate of drug-likeness (QED) is 0.721. The van der Waals surface area contributed by atoms with Crippen LogP contribution in [-0.2, 0) is 22.6 Å². The van der Waals surface area contributed by atoms with E-state index in [1.807, 2.05) is 30.3 Å². The van der Waals surface area contributed by atoms with Gasteiger partial charge in [0.15, 0.2) is 11.5 Å². The first-order chi connectivity index (χ1) is 11.7. The SMILES string of the molecule is O=C(OCc1cc2c(cc1Br)OCCO2)C1Cc2ccccc2S1. The zero-order valence-electron chi connectivity index (χ0n) is 12.8. The molecule has 0 bridgehead atoms. The van der Waals surface area contributed by atoms with E-state index in [9.17, 15) is 4.79 Å². The van der Waals surface area contributed by atoms with Crippen molar-refractivity contribution in [3.05, 3.63) is 52.0 Å². The lowest BCUT2D eigenvalue weighted by atomic mass is 10.1. The number of benzene rings is 2. The second-order valence-electron chi connectivity index (χ2n) is 5.61. The molecule has 0 saturated carbocycles. The van der Waals surface area contributed by atoms with E-state index in [2.05, 4.69) is 22.0 Å². The molecule has 0 N–H and O–H groups in total. The summed E-state index contributed by atoms with van der Waals surface area (Å²) in [4.78, 5) is 13.5. The van der Waals surface area contributed by atoms with Crippen LogP contribution >= 0.6 is 27.7 Å². The van der Waals surface area contributed by atoms with Crippen molar-refractivity contribution >= 4 is 33.7 Å². The molecule has 2 aromatic rings. The predicted molar refractivity (Wildman–Crippen MR) is 94.7 cm³/mol. The zero-order valence-corrected chi connectivity index (χ0v) is 15.2. The minimum atomic E-state index is -0.182. The maximum Gasteiger partial charge on any atom is 0.320 e. The summed E-state index contributed by atoms with van der Waals surface area (Å²) in [6, 6.07) is 11.8. The van der Waals surface area contributed by atoms with Crippen LogP contribution in [0.4, 0.5) is 0 Å². The molecule has 0 spiro atoms. The molecule has 124 valence electrons. The maximum atomic E-state index is 12.4. The summed E-state index contributed by atoms with van der Waals surface area (Å²) in [6.45, 7) is 1.29. The van der Waals surface area contributed by atoms with E-state index in [1.165, 1.54) is 10.5 Å². The maximum absolute atomic E-state index is 12.4. The monoisotopic (exact) mass is 406 g/mol. The van der Waals surface area contributed by atoms with Crippen LogP contribution in [0.2, 0.25) is 0 Å². The van der Waals surface area contributed by atoms with E-state index in [1.54, 1.807) is 11.8 Å². The van der Waals surface area contributed by atoms with Crippen molar-refractivity contribution in [3.63, 3.8) is 0 Å². The average Bonchev–Trinajstić information content (AvgIpc) is 3.04. The molecular formula is C18H15BrO4S. The molecule has 2 aliphatic heterocycles. The van der Waals surface area contributed by atoms with Gasteiger partial charge >= 0.3 is 5.97 Å². The fourth-order valence-corrected chi connectivity index (χ4v) is 4.40. The van der Waals surface area contributed by atoms with Crippen LogP contribution in [0.5, 0.6) is 11.5 Å². The predicted octanol–water partition coefficient (Wildman–Crippen LogP) is 3.98. The summed E-state index contributed by atoms with van der Waals surface area (Å²) in [7, 11) is 0. The van der Waals surface area contributed by atoms with Crippen LogP contribution in [-0.4, -0.2) is 24.4 Å². The lowest BCUT2D eigenvalue weighted by Gasteiger charge is -2.20. The molecule has 0 saturated heterocycles. The van der Waals surface area contributed by atoms with Gasteiger partial charge in [-0.1, -0.05) is 34.1 Å². The van der Waals surface area contributed by atoms with Gasteiger partial charge in [-0.15, -0.1) is 11.8 Å². The minimum Gasteiger partial charge on any atom is -0.486 e. The van der Waals surface area contributed by atoms with E-state index < -0.39 is 0 Å². The normalized spacial score (nSPS) is 18.1. The van der Waals surface area contributed by atoms with Gasteiger partial charge in [0.25, 0.3) is 0 Å². The summed E-state index contributed by atoms with van der Waals surface area (Å²) in [5.41, 5.74) is 2.08. The van der Waals surface area contributed by atoms with E-state index in [-0.39, 0.29) is 17.8 Å². The highest BCUT2D eigenvalue weighted by Crippen LogP contribution is 2.38. The van der Waals surface area contributed by atoms with Crippen LogP contribution in [0.3, 0.4) is 0 Å². The first-order valence-electron chi connectivity index (χ1n) is 7.70. The topological polar surface area (TPSA) is 44.8 Å². The molecule has 0 amide bonds. The molecule has 24 heavy (non-hydrogen) atoms. The van der Waals surface area contributed by atoms with Crippen molar-refractivity contribution in [2.75, 3.05) is 13.2 Å². The van der Waals surface area contributed by atoms with Crippen molar-refractivity contribution in [2.45, 2.75) is 23.2 Å². The number of rotatable bonds is 3. The Morgan fingerprint density at radius 1 is 1.21 bits per heavy atom. The molecule has 1 atom stereocenters. The summed E-state index contributed by atoms with van der Waals surface area (Å²) < 4.78 is 17.5. The highest BCUT2D eigenvalue weighted by Gasteiger charge is 2.29. The fourth-order valence-electron chi connectivity index (χ4n) is 2.77. The van der Waals surface area contributed by atoms with Gasteiger partial charge in [0.05, 0.1) is 0 Å². The smallest absolute Gasteiger partial charge is 0.320 e. The molecule has 2 aliphatic rings. The number of fused-ring (bicyclic) bond motifs is 2. The molecular weight excluding hydrogens is 392 g/mol. The first kappa shape index (κ1) is 15.8. The molecule has 2 heterocycles. The van der Waals surface area contributed by atoms with Gasteiger partial charge in [-0.2, -0.15) is 0 Å². The summed E-state index contributed by atoms with van der Waals surface area (Å²) in [5, 5.41) is -0.168. The van der Waals surface area contributed by atoms with Crippen LogP contribution in [0.15, 0.2) is 45.8 Å². The molecule has 2 aromatic carbocycles. The Hall–Kier alpha value is -1.66. The molecule has 6 heteroatoms. The van der Waals surface area contributed by atoms with Gasteiger partial charge in [-0.05, 0) is 30.2 Å². The lowest BCUT2D eigenvalue weighted by Crippen LogP contribution is -2.20. The van der Waals surface area contributed by atoms with Gasteiger partial charge in [0.2, 0.25) is 0 Å². The largest absolute Gasteiger partial charge is 0.486 e. The number of halogens is 1. The molecule has 0 aromatic heterocycles. The van der Waals surface area contributed by atoms with Crippen molar-refractivity contribution in [1.29, 1.82) is 0 Å². The second kappa shape index (κ2) is 6.69. The van der Waals surface area contributed by atoms with Crippen molar-refractivity contribution in [2.24, 2.45) is 0 Å².